The molecule has 1 atom stereocenters. The number of amides is 1. The lowest BCUT2D eigenvalue weighted by Crippen LogP contribution is -2.43. The van der Waals surface area contributed by atoms with Crippen LogP contribution < -0.4 is 10.2 Å². The van der Waals surface area contributed by atoms with E-state index in [4.69, 9.17) is 0 Å². The van der Waals surface area contributed by atoms with Crippen LogP contribution in [0.2, 0.25) is 0 Å². The number of hydrogen-bond donors (Lipinski definition) is 1. The summed E-state index contributed by atoms with van der Waals surface area (Å²) >= 11 is 1.57. The lowest BCUT2D eigenvalue weighted by atomic mass is 9.97. The summed E-state index contributed by atoms with van der Waals surface area (Å²) in [5.41, 5.74) is 1.33. The van der Waals surface area contributed by atoms with Gasteiger partial charge in [0.15, 0.2) is 0 Å². The lowest BCUT2D eigenvalue weighted by Gasteiger charge is -2.31. The molecule has 0 saturated carbocycles. The summed E-state index contributed by atoms with van der Waals surface area (Å²) in [4.78, 5) is 17.5. The Hall–Kier alpha value is -2.71. The molecule has 33 heavy (non-hydrogen) atoms. The van der Waals surface area contributed by atoms with Gasteiger partial charge in [-0.2, -0.15) is 0 Å². The van der Waals surface area contributed by atoms with Crippen molar-refractivity contribution in [2.75, 3.05) is 31.1 Å². The fourth-order valence-corrected chi connectivity index (χ4v) is 5.09. The molecule has 3 heterocycles. The number of piperidine rings is 1. The van der Waals surface area contributed by atoms with Crippen LogP contribution in [0.25, 0.3) is 5.13 Å². The number of carbonyl (C=O) groups is 1. The Morgan fingerprint density at radius 3 is 2.67 bits per heavy atom. The molecule has 1 aromatic carbocycles. The van der Waals surface area contributed by atoms with E-state index in [0.717, 1.165) is 49.2 Å². The van der Waals surface area contributed by atoms with E-state index in [9.17, 15) is 4.79 Å². The SMILES string of the molecule is CC(C)N(CCCNC(=O)[C@@H]1CCCN(c2nnc(-n3cccc3)s2)C1)Cc1ccccc1. The molecule has 1 N–H and O–H groups in total. The van der Waals surface area contributed by atoms with Crippen LogP contribution in [0.4, 0.5) is 5.13 Å². The molecule has 1 saturated heterocycles. The summed E-state index contributed by atoms with van der Waals surface area (Å²) in [6.45, 7) is 8.71. The lowest BCUT2D eigenvalue weighted by molar-refractivity contribution is -0.125. The summed E-state index contributed by atoms with van der Waals surface area (Å²) in [7, 11) is 0. The van der Waals surface area contributed by atoms with Crippen LogP contribution in [0.15, 0.2) is 54.9 Å². The molecule has 1 amide bonds. The summed E-state index contributed by atoms with van der Waals surface area (Å²) in [5, 5.41) is 13.6. The summed E-state index contributed by atoms with van der Waals surface area (Å²) < 4.78 is 1.97. The third-order valence-electron chi connectivity index (χ3n) is 6.17. The van der Waals surface area contributed by atoms with E-state index in [0.29, 0.717) is 19.1 Å². The van der Waals surface area contributed by atoms with Gasteiger partial charge < -0.3 is 10.2 Å². The number of anilines is 1. The number of hydrogen-bond acceptors (Lipinski definition) is 6. The van der Waals surface area contributed by atoms with Crippen LogP contribution in [-0.2, 0) is 11.3 Å². The second-order valence-electron chi connectivity index (χ2n) is 8.94. The van der Waals surface area contributed by atoms with Crippen molar-refractivity contribution < 1.29 is 4.79 Å². The fraction of sp³-hybridized carbons (Fsp3) is 0.480. The first-order chi connectivity index (χ1) is 16.1. The first kappa shape index (κ1) is 23.4. The monoisotopic (exact) mass is 466 g/mol. The van der Waals surface area contributed by atoms with E-state index < -0.39 is 0 Å². The number of carbonyl (C=O) groups excluding carboxylic acids is 1. The molecule has 2 aromatic heterocycles. The van der Waals surface area contributed by atoms with Crippen LogP contribution in [0.1, 0.15) is 38.7 Å². The topological polar surface area (TPSA) is 66.3 Å². The van der Waals surface area contributed by atoms with E-state index in [1.165, 1.54) is 5.56 Å². The van der Waals surface area contributed by atoms with Crippen molar-refractivity contribution in [3.63, 3.8) is 0 Å². The molecule has 0 radical (unpaired) electrons. The average Bonchev–Trinajstić information content (AvgIpc) is 3.54. The Labute approximate surface area is 200 Å². The van der Waals surface area contributed by atoms with Crippen molar-refractivity contribution in [1.82, 2.24) is 25.0 Å². The largest absolute Gasteiger partial charge is 0.356 e. The molecule has 176 valence electrons. The molecular weight excluding hydrogens is 432 g/mol. The fourth-order valence-electron chi connectivity index (χ4n) is 4.24. The standard InChI is InChI=1S/C25H34N6OS/c1-20(2)30(18-21-10-4-3-5-11-21)17-9-13-26-23(32)22-12-8-16-31(19-22)25-28-27-24(33-25)29-14-6-7-15-29/h3-7,10-11,14-15,20,22H,8-9,12-13,16-19H2,1-2H3,(H,26,32)/t22-/m1/s1. The normalized spacial score (nSPS) is 16.5. The van der Waals surface area contributed by atoms with Crippen LogP contribution in [0, 0.1) is 5.92 Å². The Morgan fingerprint density at radius 1 is 1.15 bits per heavy atom. The zero-order chi connectivity index (χ0) is 23.0. The Bertz CT molecular complexity index is 988. The van der Waals surface area contributed by atoms with Crippen molar-refractivity contribution in [3.8, 4) is 5.13 Å². The molecule has 0 spiro atoms. The molecule has 7 nitrogen and oxygen atoms in total. The zero-order valence-corrected chi connectivity index (χ0v) is 20.4. The van der Waals surface area contributed by atoms with Crippen LogP contribution in [-0.4, -0.2) is 57.8 Å². The van der Waals surface area contributed by atoms with Crippen molar-refractivity contribution in [3.05, 3.63) is 60.4 Å². The van der Waals surface area contributed by atoms with Gasteiger partial charge in [0, 0.05) is 51.2 Å². The molecule has 4 rings (SSSR count). The molecule has 1 fully saturated rings. The van der Waals surface area contributed by atoms with E-state index in [-0.39, 0.29) is 11.8 Å². The maximum atomic E-state index is 12.8. The predicted octanol–water partition coefficient (Wildman–Crippen LogP) is 3.96. The van der Waals surface area contributed by atoms with Gasteiger partial charge in [-0.1, -0.05) is 41.7 Å². The van der Waals surface area contributed by atoms with Crippen molar-refractivity contribution >= 4 is 22.4 Å². The van der Waals surface area contributed by atoms with Gasteiger partial charge in [0.05, 0.1) is 5.92 Å². The first-order valence-corrected chi connectivity index (χ1v) is 12.7. The summed E-state index contributed by atoms with van der Waals surface area (Å²) in [6.07, 6.45) is 6.81. The average molecular weight is 467 g/mol. The van der Waals surface area contributed by atoms with Crippen LogP contribution >= 0.6 is 11.3 Å². The quantitative estimate of drug-likeness (QED) is 0.458. The highest BCUT2D eigenvalue weighted by Crippen LogP contribution is 2.27. The van der Waals surface area contributed by atoms with E-state index in [1.54, 1.807) is 11.3 Å². The first-order valence-electron chi connectivity index (χ1n) is 11.9. The highest BCUT2D eigenvalue weighted by Gasteiger charge is 2.27. The summed E-state index contributed by atoms with van der Waals surface area (Å²) in [6, 6.07) is 15.0. The number of nitrogens with one attached hydrogen (secondary N) is 1. The minimum Gasteiger partial charge on any atom is -0.356 e. The van der Waals surface area contributed by atoms with Gasteiger partial charge in [-0.3, -0.25) is 14.3 Å². The predicted molar refractivity (Wildman–Crippen MR) is 134 cm³/mol. The molecule has 1 aliphatic rings. The maximum Gasteiger partial charge on any atom is 0.224 e. The number of benzene rings is 1. The van der Waals surface area contributed by atoms with Gasteiger partial charge >= 0.3 is 0 Å². The molecule has 3 aromatic rings. The maximum absolute atomic E-state index is 12.8. The number of rotatable bonds is 10. The molecule has 0 bridgehead atoms. The summed E-state index contributed by atoms with van der Waals surface area (Å²) in [5.74, 6) is 0.164. The van der Waals surface area contributed by atoms with Gasteiger partial charge in [0.25, 0.3) is 0 Å². The molecular formula is C25H34N6OS. The second kappa shape index (κ2) is 11.4. The molecule has 1 aliphatic heterocycles. The smallest absolute Gasteiger partial charge is 0.224 e. The Morgan fingerprint density at radius 2 is 1.91 bits per heavy atom. The van der Waals surface area contributed by atoms with Gasteiger partial charge in [0.2, 0.25) is 16.2 Å². The number of nitrogens with zero attached hydrogens (tertiary/aromatic N) is 5. The Balaban J connectivity index is 1.23. The van der Waals surface area contributed by atoms with Crippen molar-refractivity contribution in [2.45, 2.75) is 45.7 Å². The van der Waals surface area contributed by atoms with Gasteiger partial charge in [-0.15, -0.1) is 10.2 Å². The van der Waals surface area contributed by atoms with Gasteiger partial charge in [0.1, 0.15) is 0 Å². The zero-order valence-electron chi connectivity index (χ0n) is 19.6. The third-order valence-corrected chi connectivity index (χ3v) is 7.17. The number of aromatic nitrogens is 3. The van der Waals surface area contributed by atoms with E-state index in [2.05, 4.69) is 69.5 Å². The molecule has 0 aliphatic carbocycles. The highest BCUT2D eigenvalue weighted by molar-refractivity contribution is 7.17. The van der Waals surface area contributed by atoms with Crippen LogP contribution in [0.3, 0.4) is 0 Å². The van der Waals surface area contributed by atoms with Crippen molar-refractivity contribution in [2.24, 2.45) is 5.92 Å². The van der Waals surface area contributed by atoms with Crippen LogP contribution in [0.5, 0.6) is 0 Å². The minimum atomic E-state index is 0.00296. The van der Waals surface area contributed by atoms with E-state index in [1.807, 2.05) is 29.1 Å². The Kier molecular flexibility index (Phi) is 8.12. The second-order valence-corrected chi connectivity index (χ2v) is 9.87. The van der Waals surface area contributed by atoms with Crippen molar-refractivity contribution in [1.29, 1.82) is 0 Å². The molecule has 0 unspecified atom stereocenters. The third kappa shape index (κ3) is 6.42. The highest BCUT2D eigenvalue weighted by atomic mass is 32.1. The van der Waals surface area contributed by atoms with Gasteiger partial charge in [-0.25, -0.2) is 0 Å². The van der Waals surface area contributed by atoms with Gasteiger partial charge in [-0.05, 0) is 50.8 Å². The minimum absolute atomic E-state index is 0.00296. The molecule has 8 heteroatoms. The van der Waals surface area contributed by atoms with E-state index >= 15 is 0 Å².